The fourth-order valence-electron chi connectivity index (χ4n) is 1.62. The summed E-state index contributed by atoms with van der Waals surface area (Å²) in [6, 6.07) is 5.39. The van der Waals surface area contributed by atoms with Gasteiger partial charge in [-0.2, -0.15) is 0 Å². The van der Waals surface area contributed by atoms with Crippen LogP contribution in [0.15, 0.2) is 18.2 Å². The van der Waals surface area contributed by atoms with Crippen LogP contribution < -0.4 is 0 Å². The van der Waals surface area contributed by atoms with Crippen LogP contribution in [0, 0.1) is 6.92 Å². The van der Waals surface area contributed by atoms with E-state index in [4.69, 9.17) is 0 Å². The van der Waals surface area contributed by atoms with Gasteiger partial charge in [0, 0.05) is 6.42 Å². The van der Waals surface area contributed by atoms with Gasteiger partial charge in [0.25, 0.3) is 0 Å². The maximum absolute atomic E-state index is 11.5. The molecule has 0 spiro atoms. The summed E-state index contributed by atoms with van der Waals surface area (Å²) in [5.41, 5.74) is 2.34. The van der Waals surface area contributed by atoms with Crippen molar-refractivity contribution in [1.82, 2.24) is 0 Å². The van der Waals surface area contributed by atoms with Gasteiger partial charge in [-0.25, -0.2) is 4.79 Å². The minimum absolute atomic E-state index is 0.257. The van der Waals surface area contributed by atoms with E-state index in [0.29, 0.717) is 18.4 Å². The van der Waals surface area contributed by atoms with Crippen LogP contribution >= 0.6 is 0 Å². The fraction of sp³-hybridized carbons (Fsp3) is 0.385. The lowest BCUT2D eigenvalue weighted by Gasteiger charge is -2.09. The molecule has 0 heterocycles. The second kappa shape index (κ2) is 6.03. The number of ether oxygens (including phenoxy) is 2. The molecule has 17 heavy (non-hydrogen) atoms. The van der Waals surface area contributed by atoms with E-state index in [2.05, 4.69) is 9.47 Å². The molecule has 0 saturated carbocycles. The Hall–Kier alpha value is -1.84. The van der Waals surface area contributed by atoms with E-state index in [1.165, 1.54) is 14.2 Å². The summed E-state index contributed by atoms with van der Waals surface area (Å²) in [7, 11) is 2.71. The zero-order chi connectivity index (χ0) is 12.8. The first kappa shape index (κ1) is 13.2. The summed E-state index contributed by atoms with van der Waals surface area (Å²) < 4.78 is 9.27. The Morgan fingerprint density at radius 3 is 2.47 bits per heavy atom. The van der Waals surface area contributed by atoms with Gasteiger partial charge >= 0.3 is 11.9 Å². The molecule has 0 atom stereocenters. The van der Waals surface area contributed by atoms with Crippen LogP contribution in [0.3, 0.4) is 0 Å². The molecule has 4 nitrogen and oxygen atoms in total. The van der Waals surface area contributed by atoms with Crippen molar-refractivity contribution in [1.29, 1.82) is 0 Å². The number of hydrogen-bond donors (Lipinski definition) is 0. The smallest absolute Gasteiger partial charge is 0.338 e. The molecule has 0 N–H and O–H groups in total. The lowest BCUT2D eigenvalue weighted by molar-refractivity contribution is -0.140. The van der Waals surface area contributed by atoms with Crippen LogP contribution in [-0.2, 0) is 20.7 Å². The van der Waals surface area contributed by atoms with Crippen LogP contribution in [-0.4, -0.2) is 26.2 Å². The maximum atomic E-state index is 11.5. The zero-order valence-corrected chi connectivity index (χ0v) is 10.3. The quantitative estimate of drug-likeness (QED) is 0.749. The summed E-state index contributed by atoms with van der Waals surface area (Å²) >= 11 is 0. The van der Waals surface area contributed by atoms with Gasteiger partial charge in [0.2, 0.25) is 0 Å². The summed E-state index contributed by atoms with van der Waals surface area (Å²) in [5.74, 6) is -0.615. The first-order valence-corrected chi connectivity index (χ1v) is 5.33. The molecular weight excluding hydrogens is 220 g/mol. The molecule has 0 saturated heterocycles. The largest absolute Gasteiger partial charge is 0.469 e. The molecule has 0 aliphatic carbocycles. The molecule has 0 fully saturated rings. The molecule has 1 rings (SSSR count). The molecule has 92 valence electrons. The molecule has 1 aromatic carbocycles. The average Bonchev–Trinajstić information content (AvgIpc) is 2.36. The number of methoxy groups -OCH3 is 2. The average molecular weight is 236 g/mol. The van der Waals surface area contributed by atoms with Crippen molar-refractivity contribution in [3.8, 4) is 0 Å². The number of hydrogen-bond acceptors (Lipinski definition) is 4. The Bertz CT molecular complexity index is 423. The third-order valence-corrected chi connectivity index (χ3v) is 2.68. The SMILES string of the molecule is COC(=O)CCc1cccc(C(=O)OC)c1C. The van der Waals surface area contributed by atoms with Crippen molar-refractivity contribution >= 4 is 11.9 Å². The van der Waals surface area contributed by atoms with Gasteiger partial charge in [0.15, 0.2) is 0 Å². The topological polar surface area (TPSA) is 52.6 Å². The molecule has 0 bridgehead atoms. The van der Waals surface area contributed by atoms with E-state index in [1.54, 1.807) is 12.1 Å². The summed E-state index contributed by atoms with van der Waals surface area (Å²) in [5, 5.41) is 0. The first-order chi connectivity index (χ1) is 8.10. The Balaban J connectivity index is 2.87. The number of rotatable bonds is 4. The van der Waals surface area contributed by atoms with Gasteiger partial charge in [0.1, 0.15) is 0 Å². The summed E-state index contributed by atoms with van der Waals surface area (Å²) in [4.78, 5) is 22.5. The van der Waals surface area contributed by atoms with Crippen LogP contribution in [0.5, 0.6) is 0 Å². The minimum Gasteiger partial charge on any atom is -0.469 e. The minimum atomic E-state index is -0.359. The van der Waals surface area contributed by atoms with Gasteiger partial charge < -0.3 is 9.47 Å². The van der Waals surface area contributed by atoms with Crippen LogP contribution in [0.2, 0.25) is 0 Å². The van der Waals surface area contributed by atoms with E-state index < -0.39 is 0 Å². The van der Waals surface area contributed by atoms with E-state index in [-0.39, 0.29) is 11.9 Å². The van der Waals surface area contributed by atoms with Gasteiger partial charge in [-0.3, -0.25) is 4.79 Å². The third kappa shape index (κ3) is 3.31. The van der Waals surface area contributed by atoms with E-state index >= 15 is 0 Å². The highest BCUT2D eigenvalue weighted by Crippen LogP contribution is 2.16. The predicted molar refractivity (Wildman–Crippen MR) is 62.9 cm³/mol. The number of esters is 2. The molecular formula is C13H16O4. The van der Waals surface area contributed by atoms with Crippen molar-refractivity contribution in [3.05, 3.63) is 34.9 Å². The Morgan fingerprint density at radius 2 is 1.88 bits per heavy atom. The first-order valence-electron chi connectivity index (χ1n) is 5.33. The Kier molecular flexibility index (Phi) is 4.69. The molecule has 0 aliphatic rings. The third-order valence-electron chi connectivity index (χ3n) is 2.68. The van der Waals surface area contributed by atoms with Gasteiger partial charge in [0.05, 0.1) is 19.8 Å². The second-order valence-corrected chi connectivity index (χ2v) is 3.66. The van der Waals surface area contributed by atoms with Crippen molar-refractivity contribution in [3.63, 3.8) is 0 Å². The molecule has 4 heteroatoms. The van der Waals surface area contributed by atoms with E-state index in [0.717, 1.165) is 11.1 Å². The molecule has 0 amide bonds. The summed E-state index contributed by atoms with van der Waals surface area (Å²) in [6.45, 7) is 1.85. The lowest BCUT2D eigenvalue weighted by atomic mass is 9.99. The van der Waals surface area contributed by atoms with Gasteiger partial charge in [-0.05, 0) is 30.5 Å². The maximum Gasteiger partial charge on any atom is 0.338 e. The van der Waals surface area contributed by atoms with Crippen molar-refractivity contribution < 1.29 is 19.1 Å². The van der Waals surface area contributed by atoms with Crippen molar-refractivity contribution in [2.75, 3.05) is 14.2 Å². The Morgan fingerprint density at radius 1 is 1.18 bits per heavy atom. The monoisotopic (exact) mass is 236 g/mol. The highest BCUT2D eigenvalue weighted by Gasteiger charge is 2.12. The second-order valence-electron chi connectivity index (χ2n) is 3.66. The Labute approximate surface area is 101 Å². The molecule has 0 aliphatic heterocycles. The highest BCUT2D eigenvalue weighted by molar-refractivity contribution is 5.91. The van der Waals surface area contributed by atoms with Crippen LogP contribution in [0.25, 0.3) is 0 Å². The van der Waals surface area contributed by atoms with Gasteiger partial charge in [-0.1, -0.05) is 12.1 Å². The van der Waals surface area contributed by atoms with Crippen molar-refractivity contribution in [2.24, 2.45) is 0 Å². The molecule has 1 aromatic rings. The normalized spacial score (nSPS) is 9.82. The lowest BCUT2D eigenvalue weighted by Crippen LogP contribution is -2.07. The van der Waals surface area contributed by atoms with E-state index in [1.807, 2.05) is 13.0 Å². The molecule has 0 radical (unpaired) electrons. The highest BCUT2D eigenvalue weighted by atomic mass is 16.5. The number of carbonyl (C=O) groups is 2. The standard InChI is InChI=1S/C13H16O4/c1-9-10(7-8-12(14)16-2)5-4-6-11(9)13(15)17-3/h4-6H,7-8H2,1-3H3. The van der Waals surface area contributed by atoms with E-state index in [9.17, 15) is 9.59 Å². The number of aryl methyl sites for hydroxylation is 1. The van der Waals surface area contributed by atoms with Crippen LogP contribution in [0.4, 0.5) is 0 Å². The fourth-order valence-corrected chi connectivity index (χ4v) is 1.62. The van der Waals surface area contributed by atoms with Gasteiger partial charge in [-0.15, -0.1) is 0 Å². The van der Waals surface area contributed by atoms with Crippen molar-refractivity contribution in [2.45, 2.75) is 19.8 Å². The molecule has 0 unspecified atom stereocenters. The summed E-state index contributed by atoms with van der Waals surface area (Å²) in [6.07, 6.45) is 0.866. The predicted octanol–water partition coefficient (Wildman–Crippen LogP) is 1.89. The number of carbonyl (C=O) groups excluding carboxylic acids is 2. The molecule has 0 aromatic heterocycles. The van der Waals surface area contributed by atoms with Crippen LogP contribution in [0.1, 0.15) is 27.9 Å². The number of benzene rings is 1. The zero-order valence-electron chi connectivity index (χ0n) is 10.3.